The lowest BCUT2D eigenvalue weighted by Crippen LogP contribution is -2.34. The molecule has 30 heavy (non-hydrogen) atoms. The number of hydrogen-bond donors (Lipinski definition) is 1. The zero-order valence-corrected chi connectivity index (χ0v) is 19.1. The van der Waals surface area contributed by atoms with Gasteiger partial charge in [0.05, 0.1) is 23.5 Å². The van der Waals surface area contributed by atoms with E-state index in [-0.39, 0.29) is 27.8 Å². The van der Waals surface area contributed by atoms with Crippen molar-refractivity contribution in [3.8, 4) is 0 Å². The predicted octanol–water partition coefficient (Wildman–Crippen LogP) is 5.68. The second-order valence-corrected chi connectivity index (χ2v) is 11.0. The zero-order chi connectivity index (χ0) is 22.3. The Morgan fingerprint density at radius 2 is 1.70 bits per heavy atom. The zero-order valence-electron chi connectivity index (χ0n) is 18.3. The van der Waals surface area contributed by atoms with E-state index in [0.29, 0.717) is 11.3 Å². The second kappa shape index (κ2) is 7.73. The Labute approximate surface area is 179 Å². The van der Waals surface area contributed by atoms with Crippen LogP contribution in [0.5, 0.6) is 0 Å². The van der Waals surface area contributed by atoms with E-state index in [0.717, 1.165) is 18.4 Å². The number of sulfonamides is 1. The molecule has 0 unspecified atom stereocenters. The Morgan fingerprint density at radius 3 is 2.30 bits per heavy atom. The molecule has 0 bridgehead atoms. The van der Waals surface area contributed by atoms with Crippen molar-refractivity contribution in [2.45, 2.75) is 62.7 Å². The van der Waals surface area contributed by atoms with E-state index in [9.17, 15) is 12.8 Å². The first-order valence-corrected chi connectivity index (χ1v) is 11.5. The largest absolute Gasteiger partial charge is 0.501 e. The third-order valence-electron chi connectivity index (χ3n) is 6.12. The molecule has 0 heterocycles. The molecule has 2 aromatic rings. The van der Waals surface area contributed by atoms with Gasteiger partial charge in [-0.2, -0.15) is 0 Å². The van der Waals surface area contributed by atoms with Crippen molar-refractivity contribution in [3.63, 3.8) is 0 Å². The van der Waals surface area contributed by atoms with Gasteiger partial charge >= 0.3 is 0 Å². The lowest BCUT2D eigenvalue weighted by molar-refractivity contribution is 0.284. The van der Waals surface area contributed by atoms with E-state index in [1.165, 1.54) is 24.8 Å². The van der Waals surface area contributed by atoms with E-state index in [4.69, 9.17) is 4.74 Å². The SMILES string of the molecule is C=C(Cc1ccc(NS(=O)(=O)c2ccc3c(c2)C(C)(C)CCC3(C)C)cc1F)OC. The van der Waals surface area contributed by atoms with Crippen molar-refractivity contribution in [2.75, 3.05) is 11.8 Å². The molecule has 0 atom stereocenters. The fourth-order valence-corrected chi connectivity index (χ4v) is 5.06. The van der Waals surface area contributed by atoms with Crippen LogP contribution in [0.4, 0.5) is 10.1 Å². The molecule has 162 valence electrons. The first-order valence-electron chi connectivity index (χ1n) is 10.0. The highest BCUT2D eigenvalue weighted by Crippen LogP contribution is 2.46. The number of methoxy groups -OCH3 is 1. The maximum absolute atomic E-state index is 14.4. The molecule has 0 aliphatic heterocycles. The van der Waals surface area contributed by atoms with Crippen molar-refractivity contribution in [3.05, 3.63) is 71.2 Å². The van der Waals surface area contributed by atoms with Crippen LogP contribution in [0.1, 0.15) is 57.2 Å². The van der Waals surface area contributed by atoms with Gasteiger partial charge < -0.3 is 4.74 Å². The summed E-state index contributed by atoms with van der Waals surface area (Å²) in [6.07, 6.45) is 2.27. The van der Waals surface area contributed by atoms with E-state index >= 15 is 0 Å². The number of allylic oxidation sites excluding steroid dienone is 1. The summed E-state index contributed by atoms with van der Waals surface area (Å²) < 4.78 is 47.9. The highest BCUT2D eigenvalue weighted by atomic mass is 32.2. The maximum Gasteiger partial charge on any atom is 0.261 e. The Morgan fingerprint density at radius 1 is 1.07 bits per heavy atom. The summed E-state index contributed by atoms with van der Waals surface area (Å²) in [5.41, 5.74) is 2.71. The molecule has 6 heteroatoms. The maximum atomic E-state index is 14.4. The van der Waals surface area contributed by atoms with Gasteiger partial charge in [-0.25, -0.2) is 12.8 Å². The van der Waals surface area contributed by atoms with Crippen molar-refractivity contribution in [2.24, 2.45) is 0 Å². The van der Waals surface area contributed by atoms with Crippen LogP contribution in [0.15, 0.2) is 53.6 Å². The third kappa shape index (κ3) is 4.38. The number of nitrogens with one attached hydrogen (secondary N) is 1. The van der Waals surface area contributed by atoms with Crippen LogP contribution < -0.4 is 4.72 Å². The van der Waals surface area contributed by atoms with Crippen LogP contribution >= 0.6 is 0 Å². The summed E-state index contributed by atoms with van der Waals surface area (Å²) in [4.78, 5) is 0.185. The van der Waals surface area contributed by atoms with Gasteiger partial charge in [-0.1, -0.05) is 46.4 Å². The van der Waals surface area contributed by atoms with E-state index in [1.54, 1.807) is 18.2 Å². The Bertz CT molecular complexity index is 1090. The summed E-state index contributed by atoms with van der Waals surface area (Å²) in [5, 5.41) is 0. The normalized spacial score (nSPS) is 17.1. The van der Waals surface area contributed by atoms with Gasteiger partial charge in [0.2, 0.25) is 0 Å². The third-order valence-corrected chi connectivity index (χ3v) is 7.50. The molecule has 0 aromatic heterocycles. The Hall–Kier alpha value is -2.34. The Kier molecular flexibility index (Phi) is 5.76. The minimum Gasteiger partial charge on any atom is -0.501 e. The molecule has 0 saturated heterocycles. The van der Waals surface area contributed by atoms with Crippen LogP contribution in [0.3, 0.4) is 0 Å². The molecule has 1 N–H and O–H groups in total. The van der Waals surface area contributed by atoms with Crippen molar-refractivity contribution < 1.29 is 17.5 Å². The first-order chi connectivity index (χ1) is 13.9. The standard InChI is InChI=1S/C24H30FNO3S/c1-16(29-6)13-17-7-8-18(14-22(17)25)26-30(27,28)19-9-10-20-21(15-19)24(4,5)12-11-23(20,2)3/h7-10,14-15,26H,1,11-13H2,2-6H3. The van der Waals surface area contributed by atoms with Crippen LogP contribution in [0, 0.1) is 5.82 Å². The minimum absolute atomic E-state index is 0.00570. The topological polar surface area (TPSA) is 55.4 Å². The fraction of sp³-hybridized carbons (Fsp3) is 0.417. The number of fused-ring (bicyclic) bond motifs is 1. The lowest BCUT2D eigenvalue weighted by atomic mass is 9.63. The molecule has 0 fully saturated rings. The molecule has 0 amide bonds. The number of rotatable bonds is 6. The average molecular weight is 432 g/mol. The highest BCUT2D eigenvalue weighted by molar-refractivity contribution is 7.92. The van der Waals surface area contributed by atoms with Gasteiger partial charge in [-0.15, -0.1) is 0 Å². The van der Waals surface area contributed by atoms with Crippen molar-refractivity contribution in [1.82, 2.24) is 0 Å². The Balaban J connectivity index is 1.92. The monoisotopic (exact) mass is 431 g/mol. The molecule has 2 aromatic carbocycles. The summed E-state index contributed by atoms with van der Waals surface area (Å²) in [6.45, 7) is 12.4. The van der Waals surface area contributed by atoms with Gasteiger partial charge in [0.25, 0.3) is 10.0 Å². The van der Waals surface area contributed by atoms with Crippen molar-refractivity contribution in [1.29, 1.82) is 0 Å². The summed E-state index contributed by atoms with van der Waals surface area (Å²) >= 11 is 0. The van der Waals surface area contributed by atoms with Gasteiger partial charge in [-0.3, -0.25) is 4.72 Å². The summed E-state index contributed by atoms with van der Waals surface area (Å²) in [6, 6.07) is 9.59. The van der Waals surface area contributed by atoms with E-state index in [1.807, 2.05) is 6.07 Å². The summed E-state index contributed by atoms with van der Waals surface area (Å²) in [5.74, 6) is -0.0800. The molecule has 1 aliphatic rings. The smallest absolute Gasteiger partial charge is 0.261 e. The molecule has 0 radical (unpaired) electrons. The van der Waals surface area contributed by atoms with Gasteiger partial charge in [-0.05, 0) is 64.6 Å². The lowest BCUT2D eigenvalue weighted by Gasteiger charge is -2.42. The molecule has 1 aliphatic carbocycles. The molecule has 4 nitrogen and oxygen atoms in total. The molecule has 0 saturated carbocycles. The van der Waals surface area contributed by atoms with Crippen LogP contribution in [0.2, 0.25) is 0 Å². The highest BCUT2D eigenvalue weighted by Gasteiger charge is 2.37. The van der Waals surface area contributed by atoms with Gasteiger partial charge in [0.15, 0.2) is 0 Å². The predicted molar refractivity (Wildman–Crippen MR) is 119 cm³/mol. The number of ether oxygens (including phenoxy) is 1. The van der Waals surface area contributed by atoms with Crippen LogP contribution in [-0.2, 0) is 32.0 Å². The number of halogens is 1. The van der Waals surface area contributed by atoms with Crippen LogP contribution in [0.25, 0.3) is 0 Å². The van der Waals surface area contributed by atoms with Crippen molar-refractivity contribution >= 4 is 15.7 Å². The first kappa shape index (κ1) is 22.3. The quantitative estimate of drug-likeness (QED) is 0.599. The summed E-state index contributed by atoms with van der Waals surface area (Å²) in [7, 11) is -2.37. The van der Waals surface area contributed by atoms with E-state index in [2.05, 4.69) is 39.0 Å². The minimum atomic E-state index is -3.85. The van der Waals surface area contributed by atoms with Gasteiger partial charge in [0, 0.05) is 6.42 Å². The second-order valence-electron chi connectivity index (χ2n) is 9.31. The molecule has 3 rings (SSSR count). The average Bonchev–Trinajstić information content (AvgIpc) is 2.67. The van der Waals surface area contributed by atoms with E-state index < -0.39 is 15.8 Å². The molecular formula is C24H30FNO3S. The fourth-order valence-electron chi connectivity index (χ4n) is 3.99. The number of benzene rings is 2. The number of anilines is 1. The van der Waals surface area contributed by atoms with Crippen LogP contribution in [-0.4, -0.2) is 15.5 Å². The number of hydrogen-bond acceptors (Lipinski definition) is 3. The molecule has 0 spiro atoms. The molecular weight excluding hydrogens is 401 g/mol. The van der Waals surface area contributed by atoms with Gasteiger partial charge in [0.1, 0.15) is 5.82 Å².